The molecule has 0 aromatic rings. The van der Waals surface area contributed by atoms with Gasteiger partial charge in [0, 0.05) is 7.05 Å². The van der Waals surface area contributed by atoms with Crippen LogP contribution in [0.2, 0.25) is 0 Å². The summed E-state index contributed by atoms with van der Waals surface area (Å²) >= 11 is 0. The highest BCUT2D eigenvalue weighted by Gasteiger charge is 2.28. The third-order valence-corrected chi connectivity index (χ3v) is 3.02. The Hall–Kier alpha value is -1.75. The summed E-state index contributed by atoms with van der Waals surface area (Å²) in [5.41, 5.74) is 1.49. The third kappa shape index (κ3) is 3.13. The number of rotatable bonds is 5. The smallest absolute Gasteiger partial charge is 0.236 e. The largest absolute Gasteiger partial charge is 0.313 e. The molecule has 98 valence electrons. The maximum Gasteiger partial charge on any atom is 0.236 e. The lowest BCUT2D eigenvalue weighted by Crippen LogP contribution is -2.34. The van der Waals surface area contributed by atoms with Crippen LogP contribution in [0.25, 0.3) is 0 Å². The Labute approximate surface area is 107 Å². The molecule has 0 aliphatic heterocycles. The van der Waals surface area contributed by atoms with Crippen LogP contribution in [0.15, 0.2) is 23.3 Å². The monoisotopic (exact) mass is 250 g/mol. The number of nitrogens with one attached hydrogen (secondary N) is 1. The molecule has 18 heavy (non-hydrogen) atoms. The van der Waals surface area contributed by atoms with E-state index in [0.717, 1.165) is 10.5 Å². The van der Waals surface area contributed by atoms with E-state index in [1.807, 2.05) is 6.92 Å². The van der Waals surface area contributed by atoms with Gasteiger partial charge in [0.1, 0.15) is 0 Å². The van der Waals surface area contributed by atoms with Gasteiger partial charge >= 0.3 is 0 Å². The number of carbonyl (C=O) groups excluding carboxylic acids is 3. The van der Waals surface area contributed by atoms with Crippen molar-refractivity contribution in [2.24, 2.45) is 5.92 Å². The molecule has 0 fully saturated rings. The van der Waals surface area contributed by atoms with E-state index < -0.39 is 5.92 Å². The number of carbonyl (C=O) groups is 3. The average Bonchev–Trinajstić information content (AvgIpc) is 2.37. The van der Waals surface area contributed by atoms with Gasteiger partial charge in [0.25, 0.3) is 0 Å². The highest BCUT2D eigenvalue weighted by Crippen LogP contribution is 2.26. The molecule has 1 unspecified atom stereocenters. The Morgan fingerprint density at radius 2 is 2.17 bits per heavy atom. The summed E-state index contributed by atoms with van der Waals surface area (Å²) < 4.78 is 0. The first-order chi connectivity index (χ1) is 8.51. The molecule has 0 spiro atoms. The lowest BCUT2D eigenvalue weighted by atomic mass is 9.85. The summed E-state index contributed by atoms with van der Waals surface area (Å²) in [6.45, 7) is 2.08. The van der Waals surface area contributed by atoms with E-state index in [4.69, 9.17) is 0 Å². The van der Waals surface area contributed by atoms with Crippen molar-refractivity contribution in [3.8, 4) is 0 Å². The summed E-state index contributed by atoms with van der Waals surface area (Å²) in [5.74, 6) is -0.713. The fraction of sp³-hybridized carbons (Fsp3) is 0.462. The number of Topliss-reactive ketones (excluding diaryl/α,β-unsaturated/α-hetero) is 1. The minimum absolute atomic E-state index is 0.0205. The number of imide groups is 1. The number of nitrogens with zero attached hydrogens (tertiary/aromatic N) is 1. The zero-order chi connectivity index (χ0) is 13.7. The van der Waals surface area contributed by atoms with Crippen LogP contribution in [0.5, 0.6) is 0 Å². The Morgan fingerprint density at radius 1 is 1.50 bits per heavy atom. The second kappa shape index (κ2) is 6.26. The molecule has 5 nitrogen and oxygen atoms in total. The van der Waals surface area contributed by atoms with Crippen molar-refractivity contribution in [1.82, 2.24) is 10.2 Å². The molecule has 0 saturated carbocycles. The molecule has 0 aromatic carbocycles. The number of amides is 2. The molecule has 0 bridgehead atoms. The number of likely N-dealkylation sites (N-methyl/N-ethyl adjacent to an activating group) is 1. The minimum atomic E-state index is -0.416. The lowest BCUT2D eigenvalue weighted by molar-refractivity contribution is -0.138. The maximum atomic E-state index is 12.0. The molecular formula is C13H18N2O3. The van der Waals surface area contributed by atoms with Gasteiger partial charge in [0.2, 0.25) is 12.3 Å². The zero-order valence-electron chi connectivity index (χ0n) is 10.9. The third-order valence-electron chi connectivity index (χ3n) is 3.02. The van der Waals surface area contributed by atoms with Crippen LogP contribution in [0.4, 0.5) is 0 Å². The number of ketones is 1. The van der Waals surface area contributed by atoms with Crippen LogP contribution in [0.1, 0.15) is 13.3 Å². The Kier molecular flexibility index (Phi) is 4.97. The van der Waals surface area contributed by atoms with Crippen LogP contribution < -0.4 is 5.32 Å². The average molecular weight is 250 g/mol. The summed E-state index contributed by atoms with van der Waals surface area (Å²) in [6, 6.07) is 0. The quantitative estimate of drug-likeness (QED) is 0.712. The zero-order valence-corrected chi connectivity index (χ0v) is 10.9. The van der Waals surface area contributed by atoms with Gasteiger partial charge in [0.15, 0.2) is 5.78 Å². The summed E-state index contributed by atoms with van der Waals surface area (Å²) in [6.07, 6.45) is 4.37. The van der Waals surface area contributed by atoms with Gasteiger partial charge in [-0.25, -0.2) is 0 Å². The molecule has 0 heterocycles. The molecule has 1 aliphatic rings. The molecule has 1 N–H and O–H groups in total. The number of allylic oxidation sites excluding steroid dienone is 2. The van der Waals surface area contributed by atoms with E-state index >= 15 is 0 Å². The van der Waals surface area contributed by atoms with E-state index in [0.29, 0.717) is 18.4 Å². The number of hydrogen-bond donors (Lipinski definition) is 1. The molecule has 1 atom stereocenters. The first kappa shape index (κ1) is 14.3. The number of hydrogen-bond acceptors (Lipinski definition) is 4. The van der Waals surface area contributed by atoms with E-state index in [2.05, 4.69) is 5.32 Å². The van der Waals surface area contributed by atoms with Crippen LogP contribution in [-0.4, -0.2) is 43.6 Å². The van der Waals surface area contributed by atoms with Crippen molar-refractivity contribution >= 4 is 18.1 Å². The van der Waals surface area contributed by atoms with Crippen molar-refractivity contribution in [2.75, 3.05) is 20.6 Å². The molecule has 1 rings (SSSR count). The molecule has 0 aromatic heterocycles. The molecule has 1 aliphatic carbocycles. The predicted octanol–water partition coefficient (Wildman–Crippen LogP) is 0.282. The second-order valence-electron chi connectivity index (χ2n) is 4.37. The first-order valence-electron chi connectivity index (χ1n) is 5.78. The maximum absolute atomic E-state index is 12.0. The topological polar surface area (TPSA) is 66.5 Å². The summed E-state index contributed by atoms with van der Waals surface area (Å²) in [7, 11) is 3.13. The van der Waals surface area contributed by atoms with E-state index in [1.165, 1.54) is 7.05 Å². The van der Waals surface area contributed by atoms with Crippen molar-refractivity contribution in [3.05, 3.63) is 23.3 Å². The van der Waals surface area contributed by atoms with Gasteiger partial charge < -0.3 is 5.32 Å². The Bertz CT molecular complexity index is 424. The first-order valence-corrected chi connectivity index (χ1v) is 5.78. The van der Waals surface area contributed by atoms with Gasteiger partial charge in [-0.15, -0.1) is 0 Å². The Balaban J connectivity index is 2.85. The Morgan fingerprint density at radius 3 is 2.72 bits per heavy atom. The molecule has 0 saturated heterocycles. The van der Waals surface area contributed by atoms with Crippen molar-refractivity contribution in [1.29, 1.82) is 0 Å². The van der Waals surface area contributed by atoms with E-state index in [9.17, 15) is 14.4 Å². The highest BCUT2D eigenvalue weighted by molar-refractivity contribution is 5.99. The molecular weight excluding hydrogens is 232 g/mol. The van der Waals surface area contributed by atoms with Crippen molar-refractivity contribution in [2.45, 2.75) is 13.3 Å². The van der Waals surface area contributed by atoms with Gasteiger partial charge in [-0.05, 0) is 26.0 Å². The molecule has 2 amide bonds. The lowest BCUT2D eigenvalue weighted by Gasteiger charge is -2.23. The van der Waals surface area contributed by atoms with Crippen LogP contribution >= 0.6 is 0 Å². The van der Waals surface area contributed by atoms with Gasteiger partial charge in [-0.1, -0.05) is 17.7 Å². The van der Waals surface area contributed by atoms with E-state index in [-0.39, 0.29) is 18.2 Å². The van der Waals surface area contributed by atoms with Gasteiger partial charge in [-0.3, -0.25) is 19.3 Å². The van der Waals surface area contributed by atoms with Crippen LogP contribution in [-0.2, 0) is 14.4 Å². The van der Waals surface area contributed by atoms with Crippen molar-refractivity contribution < 1.29 is 14.4 Å². The highest BCUT2D eigenvalue weighted by atomic mass is 16.2. The van der Waals surface area contributed by atoms with Crippen molar-refractivity contribution in [3.63, 3.8) is 0 Å². The standard InChI is InChI=1S/C13H18N2O3/c1-9-4-5-10(12(17)7-14-2)6-11(9)13(18)15(3)8-16/h4-5,8,11,14H,6-7H2,1-3H3. The summed E-state index contributed by atoms with van der Waals surface area (Å²) in [5, 5.41) is 2.79. The molecule has 5 heteroatoms. The minimum Gasteiger partial charge on any atom is -0.313 e. The second-order valence-corrected chi connectivity index (χ2v) is 4.37. The normalized spacial score (nSPS) is 18.7. The fourth-order valence-electron chi connectivity index (χ4n) is 1.86. The van der Waals surface area contributed by atoms with E-state index in [1.54, 1.807) is 19.2 Å². The van der Waals surface area contributed by atoms with Crippen LogP contribution in [0, 0.1) is 5.92 Å². The predicted molar refractivity (Wildman–Crippen MR) is 67.7 cm³/mol. The van der Waals surface area contributed by atoms with Gasteiger partial charge in [0.05, 0.1) is 12.5 Å². The van der Waals surface area contributed by atoms with Crippen LogP contribution in [0.3, 0.4) is 0 Å². The summed E-state index contributed by atoms with van der Waals surface area (Å²) in [4.78, 5) is 35.4. The SMILES string of the molecule is CNCC(=O)C1=CC=C(C)C(C(=O)N(C)C=O)C1. The van der Waals surface area contributed by atoms with Gasteiger partial charge in [-0.2, -0.15) is 0 Å². The fourth-order valence-corrected chi connectivity index (χ4v) is 1.86. The molecule has 0 radical (unpaired) electrons.